The molecule has 1 saturated heterocycles. The maximum atomic E-state index is 12.7. The molecule has 1 aromatic carbocycles. The van der Waals surface area contributed by atoms with Crippen molar-refractivity contribution in [2.45, 2.75) is 52.4 Å². The summed E-state index contributed by atoms with van der Waals surface area (Å²) in [5.74, 6) is -0.0490. The molecule has 1 heterocycles. The summed E-state index contributed by atoms with van der Waals surface area (Å²) in [7, 11) is 1.54. The Morgan fingerprint density at radius 2 is 1.75 bits per heavy atom. The molecule has 0 aliphatic carbocycles. The minimum atomic E-state index is -0.670. The van der Waals surface area contributed by atoms with Crippen LogP contribution in [0.25, 0.3) is 0 Å². The molecular formula is C17H24ClN3O3. The van der Waals surface area contributed by atoms with E-state index in [0.717, 1.165) is 5.06 Å². The molecule has 6 nitrogen and oxygen atoms in total. The van der Waals surface area contributed by atoms with Gasteiger partial charge in [-0.25, -0.2) is 14.7 Å². The fraction of sp³-hybridized carbons (Fsp3) is 0.529. The number of halogens is 1. The highest BCUT2D eigenvalue weighted by atomic mass is 35.5. The standard InChI is InChI=1S/C17H24ClN3O3/c1-11(2)20(12(3)4)15(22)10-16-21(17(23)19(5)24-16)14-8-6-13(18)7-9-14/h6-9,11-12,16H,10H2,1-5H3/t16-/m1/s1. The van der Waals surface area contributed by atoms with Crippen LogP contribution in [0.5, 0.6) is 0 Å². The third-order valence-electron chi connectivity index (χ3n) is 3.90. The zero-order chi connectivity index (χ0) is 18.0. The lowest BCUT2D eigenvalue weighted by molar-refractivity contribution is -0.145. The van der Waals surface area contributed by atoms with Crippen LogP contribution in [0.2, 0.25) is 5.02 Å². The molecule has 7 heteroatoms. The van der Waals surface area contributed by atoms with Crippen molar-refractivity contribution in [3.05, 3.63) is 29.3 Å². The van der Waals surface area contributed by atoms with Crippen molar-refractivity contribution in [3.8, 4) is 0 Å². The average Bonchev–Trinajstić information content (AvgIpc) is 2.74. The Kier molecular flexibility index (Phi) is 5.72. The van der Waals surface area contributed by atoms with Crippen LogP contribution in [0, 0.1) is 0 Å². The molecule has 0 N–H and O–H groups in total. The van der Waals surface area contributed by atoms with Gasteiger partial charge in [-0.15, -0.1) is 0 Å². The van der Waals surface area contributed by atoms with Crippen molar-refractivity contribution >= 4 is 29.2 Å². The van der Waals surface area contributed by atoms with E-state index in [4.69, 9.17) is 16.4 Å². The summed E-state index contributed by atoms with van der Waals surface area (Å²) >= 11 is 5.91. The van der Waals surface area contributed by atoms with E-state index >= 15 is 0 Å². The molecule has 1 atom stereocenters. The fourth-order valence-electron chi connectivity index (χ4n) is 2.98. The molecule has 0 bridgehead atoms. The Morgan fingerprint density at radius 3 is 2.25 bits per heavy atom. The van der Waals surface area contributed by atoms with Gasteiger partial charge in [0.25, 0.3) is 0 Å². The molecule has 0 saturated carbocycles. The quantitative estimate of drug-likeness (QED) is 0.814. The molecule has 0 radical (unpaired) electrons. The summed E-state index contributed by atoms with van der Waals surface area (Å²) in [6.07, 6.45) is -0.578. The van der Waals surface area contributed by atoms with Crippen molar-refractivity contribution in [2.24, 2.45) is 0 Å². The largest absolute Gasteiger partial charge is 0.350 e. The number of urea groups is 1. The van der Waals surface area contributed by atoms with Crippen LogP contribution in [0.4, 0.5) is 10.5 Å². The first kappa shape index (κ1) is 18.5. The minimum absolute atomic E-state index is 0.0490. The van der Waals surface area contributed by atoms with Crippen LogP contribution < -0.4 is 4.90 Å². The second-order valence-corrected chi connectivity index (χ2v) is 6.82. The van der Waals surface area contributed by atoms with Gasteiger partial charge in [-0.05, 0) is 52.0 Å². The third-order valence-corrected chi connectivity index (χ3v) is 4.15. The Hall–Kier alpha value is -1.79. The van der Waals surface area contributed by atoms with Crippen molar-refractivity contribution in [1.82, 2.24) is 9.96 Å². The van der Waals surface area contributed by atoms with Crippen LogP contribution in [0.3, 0.4) is 0 Å². The predicted molar refractivity (Wildman–Crippen MR) is 93.7 cm³/mol. The first-order chi connectivity index (χ1) is 11.2. The van der Waals surface area contributed by atoms with E-state index in [9.17, 15) is 9.59 Å². The highest BCUT2D eigenvalue weighted by molar-refractivity contribution is 6.30. The molecule has 132 valence electrons. The Morgan fingerprint density at radius 1 is 1.21 bits per heavy atom. The molecule has 2 rings (SSSR count). The third kappa shape index (κ3) is 3.82. The lowest BCUT2D eigenvalue weighted by Gasteiger charge is -2.32. The SMILES string of the molecule is CC(C)N(C(=O)C[C@H]1ON(C)C(=O)N1c1ccc(Cl)cc1)C(C)C. The lowest BCUT2D eigenvalue weighted by Crippen LogP contribution is -2.45. The van der Waals surface area contributed by atoms with Crippen LogP contribution in [-0.2, 0) is 9.63 Å². The Bertz CT molecular complexity index is 596. The molecule has 0 unspecified atom stereocenters. The lowest BCUT2D eigenvalue weighted by atomic mass is 10.2. The first-order valence-electron chi connectivity index (χ1n) is 8.02. The van der Waals surface area contributed by atoms with E-state index in [2.05, 4.69) is 0 Å². The fourth-order valence-corrected chi connectivity index (χ4v) is 3.11. The zero-order valence-corrected chi connectivity index (χ0v) is 15.4. The molecule has 1 fully saturated rings. The highest BCUT2D eigenvalue weighted by Gasteiger charge is 2.40. The van der Waals surface area contributed by atoms with Gasteiger partial charge in [-0.1, -0.05) is 11.6 Å². The second kappa shape index (κ2) is 7.40. The average molecular weight is 354 g/mol. The van der Waals surface area contributed by atoms with Crippen molar-refractivity contribution in [3.63, 3.8) is 0 Å². The molecular weight excluding hydrogens is 330 g/mol. The number of hydrogen-bond acceptors (Lipinski definition) is 3. The number of hydroxylamine groups is 2. The van der Waals surface area contributed by atoms with Crippen molar-refractivity contribution in [1.29, 1.82) is 0 Å². The van der Waals surface area contributed by atoms with E-state index in [1.807, 2.05) is 27.7 Å². The zero-order valence-electron chi connectivity index (χ0n) is 14.7. The van der Waals surface area contributed by atoms with Gasteiger partial charge in [-0.3, -0.25) is 9.69 Å². The van der Waals surface area contributed by atoms with Gasteiger partial charge in [-0.2, -0.15) is 0 Å². The first-order valence-corrected chi connectivity index (χ1v) is 8.40. The molecule has 1 aromatic rings. The number of nitrogens with zero attached hydrogens (tertiary/aromatic N) is 3. The molecule has 0 spiro atoms. The molecule has 1 aliphatic heterocycles. The number of rotatable bonds is 5. The summed E-state index contributed by atoms with van der Waals surface area (Å²) < 4.78 is 0. The van der Waals surface area contributed by atoms with Crippen molar-refractivity contribution in [2.75, 3.05) is 11.9 Å². The topological polar surface area (TPSA) is 53.1 Å². The van der Waals surface area contributed by atoms with Gasteiger partial charge < -0.3 is 4.90 Å². The van der Waals surface area contributed by atoms with Gasteiger partial charge >= 0.3 is 6.03 Å². The number of anilines is 1. The van der Waals surface area contributed by atoms with Crippen molar-refractivity contribution < 1.29 is 14.4 Å². The van der Waals surface area contributed by atoms with E-state index in [0.29, 0.717) is 10.7 Å². The van der Waals surface area contributed by atoms with Crippen LogP contribution in [0.15, 0.2) is 24.3 Å². The maximum absolute atomic E-state index is 12.7. The maximum Gasteiger partial charge on any atom is 0.350 e. The number of benzene rings is 1. The van der Waals surface area contributed by atoms with E-state index in [1.165, 1.54) is 4.90 Å². The van der Waals surface area contributed by atoms with E-state index < -0.39 is 6.23 Å². The predicted octanol–water partition coefficient (Wildman–Crippen LogP) is 3.51. The van der Waals surface area contributed by atoms with E-state index in [1.54, 1.807) is 36.2 Å². The van der Waals surface area contributed by atoms with Crippen LogP contribution in [0.1, 0.15) is 34.1 Å². The summed E-state index contributed by atoms with van der Waals surface area (Å²) in [5.41, 5.74) is 0.646. The normalized spacial score (nSPS) is 18.0. The van der Waals surface area contributed by atoms with Gasteiger partial charge in [0.1, 0.15) is 0 Å². The number of carbonyl (C=O) groups is 2. The van der Waals surface area contributed by atoms with Gasteiger partial charge in [0.15, 0.2) is 6.23 Å². The monoisotopic (exact) mass is 353 g/mol. The summed E-state index contributed by atoms with van der Waals surface area (Å²) in [4.78, 5) is 33.9. The summed E-state index contributed by atoms with van der Waals surface area (Å²) in [6.45, 7) is 7.90. The minimum Gasteiger partial charge on any atom is -0.338 e. The molecule has 24 heavy (non-hydrogen) atoms. The summed E-state index contributed by atoms with van der Waals surface area (Å²) in [6, 6.07) is 6.74. The summed E-state index contributed by atoms with van der Waals surface area (Å²) in [5, 5.41) is 1.74. The molecule has 3 amide bonds. The van der Waals surface area contributed by atoms with Crippen LogP contribution in [-0.4, -0.2) is 47.3 Å². The smallest absolute Gasteiger partial charge is 0.338 e. The second-order valence-electron chi connectivity index (χ2n) is 6.38. The number of amides is 3. The number of hydrogen-bond donors (Lipinski definition) is 0. The number of carbonyl (C=O) groups excluding carboxylic acids is 2. The van der Waals surface area contributed by atoms with Crippen LogP contribution >= 0.6 is 11.6 Å². The van der Waals surface area contributed by atoms with Gasteiger partial charge in [0.05, 0.1) is 6.42 Å². The Balaban J connectivity index is 2.22. The van der Waals surface area contributed by atoms with E-state index in [-0.39, 0.29) is 30.4 Å². The van der Waals surface area contributed by atoms with Gasteiger partial charge in [0.2, 0.25) is 5.91 Å². The molecule has 0 aromatic heterocycles. The molecule has 1 aliphatic rings. The highest BCUT2D eigenvalue weighted by Crippen LogP contribution is 2.28. The Labute approximate surface area is 147 Å². The van der Waals surface area contributed by atoms with Gasteiger partial charge in [0, 0.05) is 29.8 Å².